The van der Waals surface area contributed by atoms with E-state index in [0.717, 1.165) is 43.2 Å². The highest BCUT2D eigenvalue weighted by Crippen LogP contribution is 2.26. The molecule has 1 fully saturated rings. The number of imidazole rings is 1. The van der Waals surface area contributed by atoms with Gasteiger partial charge in [-0.25, -0.2) is 9.18 Å². The van der Waals surface area contributed by atoms with E-state index in [1.54, 1.807) is 16.7 Å². The summed E-state index contributed by atoms with van der Waals surface area (Å²) in [7, 11) is 0. The fourth-order valence-corrected chi connectivity index (χ4v) is 4.91. The second-order valence-corrected chi connectivity index (χ2v) is 8.90. The zero-order valence-corrected chi connectivity index (χ0v) is 18.6. The normalized spacial score (nSPS) is 16.3. The zero-order chi connectivity index (χ0) is 22.9. The number of para-hydroxylation sites is 1. The number of carbonyl (C=O) groups excluding carboxylic acids is 1. The lowest BCUT2D eigenvalue weighted by molar-refractivity contribution is 0.0921. The third-order valence-corrected chi connectivity index (χ3v) is 6.55. The summed E-state index contributed by atoms with van der Waals surface area (Å²) in [6, 6.07) is 18.6. The zero-order valence-electron chi connectivity index (χ0n) is 18.6. The first-order valence-corrected chi connectivity index (χ1v) is 11.4. The summed E-state index contributed by atoms with van der Waals surface area (Å²) in [6.45, 7) is 4.38. The SMILES string of the molecule is C[C@@H](CN1CCC(n2c(=O)[nH]c3c(F)cccc32)CC1)NC(=O)c1ccc2ccccc2c1. The van der Waals surface area contributed by atoms with Crippen LogP contribution in [0.25, 0.3) is 21.8 Å². The number of amides is 1. The molecule has 1 amide bonds. The number of benzene rings is 3. The van der Waals surface area contributed by atoms with Crippen LogP contribution in [0.3, 0.4) is 0 Å². The fraction of sp³-hybridized carbons (Fsp3) is 0.308. The molecule has 170 valence electrons. The van der Waals surface area contributed by atoms with Crippen molar-refractivity contribution in [1.82, 2.24) is 19.8 Å². The summed E-state index contributed by atoms with van der Waals surface area (Å²) < 4.78 is 15.7. The first kappa shape index (κ1) is 21.4. The van der Waals surface area contributed by atoms with Crippen LogP contribution in [0, 0.1) is 5.82 Å². The minimum absolute atomic E-state index is 0.00886. The second-order valence-electron chi connectivity index (χ2n) is 8.90. The molecular weight excluding hydrogens is 419 g/mol. The van der Waals surface area contributed by atoms with Crippen LogP contribution in [0.4, 0.5) is 4.39 Å². The number of aromatic amines is 1. The number of H-pyrrole nitrogens is 1. The number of nitrogens with zero attached hydrogens (tertiary/aromatic N) is 2. The minimum Gasteiger partial charge on any atom is -0.348 e. The van der Waals surface area contributed by atoms with Crippen molar-refractivity contribution in [2.75, 3.05) is 19.6 Å². The molecular formula is C26H27FN4O2. The van der Waals surface area contributed by atoms with Crippen LogP contribution in [0.5, 0.6) is 0 Å². The second kappa shape index (κ2) is 8.83. The number of halogens is 1. The molecule has 0 unspecified atom stereocenters. The predicted octanol–water partition coefficient (Wildman–Crippen LogP) is 4.08. The van der Waals surface area contributed by atoms with E-state index in [0.29, 0.717) is 11.1 Å². The highest BCUT2D eigenvalue weighted by molar-refractivity contribution is 5.98. The fourth-order valence-electron chi connectivity index (χ4n) is 4.91. The number of hydrogen-bond donors (Lipinski definition) is 2. The molecule has 0 spiro atoms. The van der Waals surface area contributed by atoms with E-state index in [9.17, 15) is 14.0 Å². The van der Waals surface area contributed by atoms with Gasteiger partial charge in [-0.05, 0) is 54.8 Å². The summed E-state index contributed by atoms with van der Waals surface area (Å²) in [5.74, 6) is -0.479. The average molecular weight is 447 g/mol. The monoisotopic (exact) mass is 446 g/mol. The molecule has 33 heavy (non-hydrogen) atoms. The van der Waals surface area contributed by atoms with Crippen molar-refractivity contribution < 1.29 is 9.18 Å². The van der Waals surface area contributed by atoms with E-state index in [1.165, 1.54) is 6.07 Å². The topological polar surface area (TPSA) is 70.1 Å². The maximum absolute atomic E-state index is 14.0. The smallest absolute Gasteiger partial charge is 0.326 e. The Bertz CT molecular complexity index is 1370. The maximum Gasteiger partial charge on any atom is 0.326 e. The lowest BCUT2D eigenvalue weighted by Crippen LogP contribution is -2.45. The molecule has 4 aromatic rings. The van der Waals surface area contributed by atoms with Gasteiger partial charge in [-0.1, -0.05) is 36.4 Å². The Morgan fingerprint density at radius 1 is 1.09 bits per heavy atom. The van der Waals surface area contributed by atoms with E-state index in [4.69, 9.17) is 0 Å². The number of carbonyl (C=O) groups is 1. The number of piperidine rings is 1. The van der Waals surface area contributed by atoms with Gasteiger partial charge < -0.3 is 15.2 Å². The van der Waals surface area contributed by atoms with E-state index in [1.807, 2.05) is 49.4 Å². The molecule has 0 radical (unpaired) electrons. The number of aromatic nitrogens is 2. The van der Waals surface area contributed by atoms with Gasteiger partial charge in [0.2, 0.25) is 0 Å². The summed E-state index contributed by atoms with van der Waals surface area (Å²) in [6.07, 6.45) is 1.60. The Labute approximate surface area is 191 Å². The Kier molecular flexibility index (Phi) is 5.72. The van der Waals surface area contributed by atoms with Crippen LogP contribution in [-0.4, -0.2) is 46.0 Å². The van der Waals surface area contributed by atoms with E-state index < -0.39 is 5.82 Å². The lowest BCUT2D eigenvalue weighted by Gasteiger charge is -2.34. The molecule has 0 saturated carbocycles. The molecule has 2 heterocycles. The summed E-state index contributed by atoms with van der Waals surface area (Å²) >= 11 is 0. The molecule has 1 atom stereocenters. The van der Waals surface area contributed by atoms with Crippen molar-refractivity contribution in [1.29, 1.82) is 0 Å². The van der Waals surface area contributed by atoms with E-state index >= 15 is 0 Å². The first-order valence-electron chi connectivity index (χ1n) is 11.4. The van der Waals surface area contributed by atoms with Crippen molar-refractivity contribution in [2.45, 2.75) is 31.8 Å². The number of hydrogen-bond acceptors (Lipinski definition) is 3. The summed E-state index contributed by atoms with van der Waals surface area (Å²) in [5.41, 5.74) is 1.29. The van der Waals surface area contributed by atoms with Crippen LogP contribution in [-0.2, 0) is 0 Å². The van der Waals surface area contributed by atoms with Gasteiger partial charge in [-0.3, -0.25) is 9.36 Å². The van der Waals surface area contributed by atoms with Crippen molar-refractivity contribution in [3.05, 3.63) is 82.5 Å². The van der Waals surface area contributed by atoms with Gasteiger partial charge in [-0.2, -0.15) is 0 Å². The first-order chi connectivity index (χ1) is 16.0. The van der Waals surface area contributed by atoms with Crippen LogP contribution in [0.15, 0.2) is 65.5 Å². The standard InChI is InChI=1S/C26H27FN4O2/c1-17(28-25(32)20-10-9-18-5-2-3-6-19(18)15-20)16-30-13-11-21(12-14-30)31-23-8-4-7-22(27)24(23)29-26(31)33/h2-10,15,17,21H,11-14,16H2,1H3,(H,28,32)(H,29,33)/t17-/m0/s1. The Balaban J connectivity index is 1.19. The predicted molar refractivity (Wildman–Crippen MR) is 128 cm³/mol. The molecule has 6 nitrogen and oxygen atoms in total. The van der Waals surface area contributed by atoms with Crippen molar-refractivity contribution >= 4 is 27.7 Å². The summed E-state index contributed by atoms with van der Waals surface area (Å²) in [5, 5.41) is 5.27. The van der Waals surface area contributed by atoms with Crippen LogP contribution in [0.2, 0.25) is 0 Å². The third kappa shape index (κ3) is 4.28. The van der Waals surface area contributed by atoms with Gasteiger partial charge in [-0.15, -0.1) is 0 Å². The quantitative estimate of drug-likeness (QED) is 0.485. The molecule has 3 aromatic carbocycles. The van der Waals surface area contributed by atoms with Crippen LogP contribution in [0.1, 0.15) is 36.2 Å². The third-order valence-electron chi connectivity index (χ3n) is 6.55. The molecule has 7 heteroatoms. The highest BCUT2D eigenvalue weighted by atomic mass is 19.1. The van der Waals surface area contributed by atoms with Crippen LogP contribution < -0.4 is 11.0 Å². The lowest BCUT2D eigenvalue weighted by atomic mass is 10.0. The summed E-state index contributed by atoms with van der Waals surface area (Å²) in [4.78, 5) is 30.2. The Morgan fingerprint density at radius 3 is 2.64 bits per heavy atom. The van der Waals surface area contributed by atoms with E-state index in [2.05, 4.69) is 15.2 Å². The number of fused-ring (bicyclic) bond motifs is 2. The van der Waals surface area contributed by atoms with Gasteiger partial charge in [0.15, 0.2) is 0 Å². The van der Waals surface area contributed by atoms with Gasteiger partial charge in [0.25, 0.3) is 5.91 Å². The molecule has 1 aliphatic rings. The molecule has 0 aliphatic carbocycles. The molecule has 2 N–H and O–H groups in total. The molecule has 5 rings (SSSR count). The number of likely N-dealkylation sites (tertiary alicyclic amines) is 1. The Hall–Kier alpha value is -3.45. The minimum atomic E-state index is -0.406. The van der Waals surface area contributed by atoms with Gasteiger partial charge in [0.1, 0.15) is 11.3 Å². The van der Waals surface area contributed by atoms with Crippen molar-refractivity contribution in [3.8, 4) is 0 Å². The molecule has 1 saturated heterocycles. The number of nitrogens with one attached hydrogen (secondary N) is 2. The van der Waals surface area contributed by atoms with Crippen molar-refractivity contribution in [2.24, 2.45) is 0 Å². The van der Waals surface area contributed by atoms with Gasteiger partial charge in [0.05, 0.1) is 5.52 Å². The van der Waals surface area contributed by atoms with Crippen LogP contribution >= 0.6 is 0 Å². The largest absolute Gasteiger partial charge is 0.348 e. The molecule has 1 aliphatic heterocycles. The average Bonchev–Trinajstić information content (AvgIpc) is 3.16. The molecule has 0 bridgehead atoms. The van der Waals surface area contributed by atoms with E-state index in [-0.39, 0.29) is 29.2 Å². The highest BCUT2D eigenvalue weighted by Gasteiger charge is 2.25. The molecule has 1 aromatic heterocycles. The Morgan fingerprint density at radius 2 is 1.85 bits per heavy atom. The van der Waals surface area contributed by atoms with Crippen molar-refractivity contribution in [3.63, 3.8) is 0 Å². The van der Waals surface area contributed by atoms with Gasteiger partial charge in [0, 0.05) is 37.3 Å². The number of rotatable bonds is 5. The van der Waals surface area contributed by atoms with Gasteiger partial charge >= 0.3 is 5.69 Å². The maximum atomic E-state index is 14.0.